The molecule has 0 fully saturated rings. The van der Waals surface area contributed by atoms with Crippen molar-refractivity contribution in [2.75, 3.05) is 13.1 Å². The molecule has 3 aromatic rings. The first-order valence-corrected chi connectivity index (χ1v) is 9.09. The number of nitrogens with zero attached hydrogens (tertiary/aromatic N) is 3. The lowest BCUT2D eigenvalue weighted by Gasteiger charge is -2.25. The van der Waals surface area contributed by atoms with Crippen LogP contribution in [0.2, 0.25) is 0 Å². The van der Waals surface area contributed by atoms with Gasteiger partial charge < -0.3 is 9.47 Å². The number of hydrogen-bond donors (Lipinski definition) is 0. The van der Waals surface area contributed by atoms with Crippen molar-refractivity contribution in [3.8, 4) is 5.69 Å². The van der Waals surface area contributed by atoms with Crippen LogP contribution in [-0.4, -0.2) is 33.4 Å². The van der Waals surface area contributed by atoms with E-state index < -0.39 is 0 Å². The van der Waals surface area contributed by atoms with E-state index in [9.17, 15) is 4.79 Å². The molecule has 0 atom stereocenters. The lowest BCUT2D eigenvalue weighted by Crippen LogP contribution is -2.33. The zero-order chi connectivity index (χ0) is 18.5. The van der Waals surface area contributed by atoms with Gasteiger partial charge in [0.05, 0.1) is 6.33 Å². The van der Waals surface area contributed by atoms with Crippen LogP contribution in [0.15, 0.2) is 85.5 Å². The maximum Gasteiger partial charge on any atom is 0.246 e. The molecule has 1 aliphatic rings. The van der Waals surface area contributed by atoms with Gasteiger partial charge in [-0.25, -0.2) is 4.98 Å². The van der Waals surface area contributed by atoms with E-state index in [4.69, 9.17) is 0 Å². The maximum absolute atomic E-state index is 12.5. The molecule has 134 valence electrons. The highest BCUT2D eigenvalue weighted by Crippen LogP contribution is 2.22. The van der Waals surface area contributed by atoms with E-state index in [2.05, 4.69) is 35.3 Å². The van der Waals surface area contributed by atoms with Crippen LogP contribution in [0.25, 0.3) is 17.3 Å². The summed E-state index contributed by atoms with van der Waals surface area (Å²) in [6, 6.07) is 18.4. The van der Waals surface area contributed by atoms with E-state index in [-0.39, 0.29) is 5.91 Å². The molecule has 0 radical (unpaired) electrons. The molecule has 2 heterocycles. The lowest BCUT2D eigenvalue weighted by atomic mass is 9.99. The molecule has 0 saturated heterocycles. The number of rotatable bonds is 4. The number of hydrogen-bond acceptors (Lipinski definition) is 2. The normalized spacial score (nSPS) is 14.4. The smallest absolute Gasteiger partial charge is 0.246 e. The fourth-order valence-electron chi connectivity index (χ4n) is 3.23. The van der Waals surface area contributed by atoms with Crippen LogP contribution in [0.5, 0.6) is 0 Å². The molecule has 1 aromatic heterocycles. The van der Waals surface area contributed by atoms with Crippen LogP contribution in [-0.2, 0) is 4.79 Å². The van der Waals surface area contributed by atoms with E-state index in [0.29, 0.717) is 6.54 Å². The summed E-state index contributed by atoms with van der Waals surface area (Å²) in [7, 11) is 0. The second-order valence-corrected chi connectivity index (χ2v) is 6.52. The van der Waals surface area contributed by atoms with Crippen molar-refractivity contribution in [3.05, 3.63) is 96.6 Å². The molecular formula is C23H21N3O. The van der Waals surface area contributed by atoms with Gasteiger partial charge in [0.15, 0.2) is 0 Å². The lowest BCUT2D eigenvalue weighted by molar-refractivity contribution is -0.125. The Morgan fingerprint density at radius 1 is 1.04 bits per heavy atom. The molecule has 0 spiro atoms. The van der Waals surface area contributed by atoms with Crippen molar-refractivity contribution in [1.29, 1.82) is 0 Å². The maximum atomic E-state index is 12.5. The second kappa shape index (κ2) is 7.87. The van der Waals surface area contributed by atoms with Gasteiger partial charge in [0.2, 0.25) is 5.91 Å². The fraction of sp³-hybridized carbons (Fsp3) is 0.130. The Balaban J connectivity index is 1.37. The molecule has 0 unspecified atom stereocenters. The van der Waals surface area contributed by atoms with Crippen LogP contribution in [0.1, 0.15) is 17.5 Å². The van der Waals surface area contributed by atoms with Gasteiger partial charge in [0.25, 0.3) is 0 Å². The monoisotopic (exact) mass is 355 g/mol. The van der Waals surface area contributed by atoms with E-state index in [1.54, 1.807) is 18.6 Å². The van der Waals surface area contributed by atoms with E-state index in [1.807, 2.05) is 52.1 Å². The van der Waals surface area contributed by atoms with Gasteiger partial charge in [0.1, 0.15) is 0 Å². The Bertz CT molecular complexity index is 955. The Kier molecular flexibility index (Phi) is 4.97. The fourth-order valence-corrected chi connectivity index (χ4v) is 3.23. The van der Waals surface area contributed by atoms with Crippen molar-refractivity contribution in [1.82, 2.24) is 14.5 Å². The molecule has 0 saturated carbocycles. The summed E-state index contributed by atoms with van der Waals surface area (Å²) in [6.07, 6.45) is 12.0. The number of amides is 1. The molecule has 1 amide bonds. The summed E-state index contributed by atoms with van der Waals surface area (Å²) in [6.45, 7) is 1.41. The Hall–Kier alpha value is -3.40. The van der Waals surface area contributed by atoms with Crippen LogP contribution >= 0.6 is 0 Å². The number of carbonyl (C=O) groups excluding carboxylic acids is 1. The molecule has 2 aromatic carbocycles. The van der Waals surface area contributed by atoms with E-state index in [1.165, 1.54) is 11.1 Å². The van der Waals surface area contributed by atoms with Crippen molar-refractivity contribution < 1.29 is 4.79 Å². The molecule has 4 nitrogen and oxygen atoms in total. The molecular weight excluding hydrogens is 334 g/mol. The molecule has 4 rings (SSSR count). The molecule has 0 aliphatic carbocycles. The van der Waals surface area contributed by atoms with Crippen molar-refractivity contribution in [2.45, 2.75) is 6.42 Å². The number of imidazole rings is 1. The number of benzene rings is 2. The van der Waals surface area contributed by atoms with Crippen molar-refractivity contribution >= 4 is 17.6 Å². The predicted octanol–water partition coefficient (Wildman–Crippen LogP) is 4.20. The Labute approximate surface area is 159 Å². The van der Waals surface area contributed by atoms with E-state index >= 15 is 0 Å². The van der Waals surface area contributed by atoms with E-state index in [0.717, 1.165) is 24.2 Å². The van der Waals surface area contributed by atoms with Crippen molar-refractivity contribution in [2.24, 2.45) is 0 Å². The minimum Gasteiger partial charge on any atom is -0.335 e. The largest absolute Gasteiger partial charge is 0.335 e. The van der Waals surface area contributed by atoms with Gasteiger partial charge in [-0.2, -0.15) is 0 Å². The highest BCUT2D eigenvalue weighted by atomic mass is 16.2. The average Bonchev–Trinajstić information content (AvgIpc) is 3.28. The van der Waals surface area contributed by atoms with Crippen LogP contribution in [0.4, 0.5) is 0 Å². The molecule has 1 aliphatic heterocycles. The zero-order valence-corrected chi connectivity index (χ0v) is 15.0. The first-order valence-electron chi connectivity index (χ1n) is 9.09. The summed E-state index contributed by atoms with van der Waals surface area (Å²) < 4.78 is 1.95. The Morgan fingerprint density at radius 2 is 1.85 bits per heavy atom. The minimum atomic E-state index is 0.0528. The number of carbonyl (C=O) groups is 1. The second-order valence-electron chi connectivity index (χ2n) is 6.52. The first kappa shape index (κ1) is 17.0. The zero-order valence-electron chi connectivity index (χ0n) is 15.0. The van der Waals surface area contributed by atoms with Gasteiger partial charge in [-0.1, -0.05) is 48.5 Å². The third kappa shape index (κ3) is 4.06. The average molecular weight is 355 g/mol. The summed E-state index contributed by atoms with van der Waals surface area (Å²) >= 11 is 0. The highest BCUT2D eigenvalue weighted by Gasteiger charge is 2.15. The van der Waals surface area contributed by atoms with Crippen LogP contribution in [0, 0.1) is 0 Å². The summed E-state index contributed by atoms with van der Waals surface area (Å²) in [4.78, 5) is 18.4. The standard InChI is InChI=1S/C23H21N3O/c27-23(25-15-12-21(13-16-25)20-4-2-1-3-5-20)11-8-19-6-9-22(10-7-19)26-17-14-24-18-26/h1-12,14,17-18H,13,15-16H2. The van der Waals surface area contributed by atoms with Crippen LogP contribution < -0.4 is 0 Å². The SMILES string of the molecule is O=C(C=Cc1ccc(-n2ccnc2)cc1)N1CC=C(c2ccccc2)CC1. The van der Waals surface area contributed by atoms with Gasteiger partial charge in [0, 0.05) is 37.2 Å². The summed E-state index contributed by atoms with van der Waals surface area (Å²) in [5.74, 6) is 0.0528. The molecule has 0 bridgehead atoms. The molecule has 27 heavy (non-hydrogen) atoms. The third-order valence-corrected chi connectivity index (χ3v) is 4.78. The van der Waals surface area contributed by atoms with Gasteiger partial charge in [-0.05, 0) is 41.3 Å². The van der Waals surface area contributed by atoms with Gasteiger partial charge in [-0.3, -0.25) is 4.79 Å². The quantitative estimate of drug-likeness (QED) is 0.658. The Morgan fingerprint density at radius 3 is 2.52 bits per heavy atom. The highest BCUT2D eigenvalue weighted by molar-refractivity contribution is 5.92. The number of aromatic nitrogens is 2. The van der Waals surface area contributed by atoms with Gasteiger partial charge in [-0.15, -0.1) is 0 Å². The van der Waals surface area contributed by atoms with Gasteiger partial charge >= 0.3 is 0 Å². The minimum absolute atomic E-state index is 0.0528. The molecule has 4 heteroatoms. The molecule has 0 N–H and O–H groups in total. The predicted molar refractivity (Wildman–Crippen MR) is 108 cm³/mol. The first-order chi connectivity index (χ1) is 13.3. The topological polar surface area (TPSA) is 38.1 Å². The summed E-state index contributed by atoms with van der Waals surface area (Å²) in [5, 5.41) is 0. The third-order valence-electron chi connectivity index (χ3n) is 4.78. The van der Waals surface area contributed by atoms with Crippen molar-refractivity contribution in [3.63, 3.8) is 0 Å². The summed E-state index contributed by atoms with van der Waals surface area (Å²) in [5.41, 5.74) is 4.62. The van der Waals surface area contributed by atoms with Crippen LogP contribution in [0.3, 0.4) is 0 Å².